The zero-order valence-corrected chi connectivity index (χ0v) is 15.0. The Balaban J connectivity index is 1.70. The summed E-state index contributed by atoms with van der Waals surface area (Å²) in [5.74, 6) is 1.09. The molecule has 0 saturated carbocycles. The number of nitrogens with one attached hydrogen (secondary N) is 1. The van der Waals surface area contributed by atoms with E-state index in [9.17, 15) is 4.79 Å². The van der Waals surface area contributed by atoms with Crippen LogP contribution in [-0.2, 0) is 0 Å². The van der Waals surface area contributed by atoms with Crippen molar-refractivity contribution in [1.82, 2.24) is 4.98 Å². The fraction of sp³-hybridized carbons (Fsp3) is 0.158. The normalized spacial score (nSPS) is 15.5. The highest BCUT2D eigenvalue weighted by Gasteiger charge is 2.31. The van der Waals surface area contributed by atoms with Crippen LogP contribution in [0.15, 0.2) is 48.0 Å². The number of methoxy groups -OCH3 is 1. The highest BCUT2D eigenvalue weighted by Crippen LogP contribution is 2.37. The molecule has 0 amide bonds. The number of halogens is 1. The number of thiophene rings is 1. The molecule has 0 saturated heterocycles. The molecule has 6 heteroatoms. The molecule has 0 bridgehead atoms. The molecule has 0 fully saturated rings. The number of fused-ring (bicyclic) bond motifs is 1. The van der Waals surface area contributed by atoms with Gasteiger partial charge in [0.05, 0.1) is 18.1 Å². The molecule has 1 unspecified atom stereocenters. The number of anilines is 1. The monoisotopic (exact) mass is 370 g/mol. The molecule has 1 aliphatic heterocycles. The van der Waals surface area contributed by atoms with Gasteiger partial charge in [-0.15, -0.1) is 11.3 Å². The van der Waals surface area contributed by atoms with Crippen LogP contribution in [-0.4, -0.2) is 24.4 Å². The Bertz CT molecular complexity index is 941. The van der Waals surface area contributed by atoms with E-state index in [0.29, 0.717) is 22.9 Å². The fourth-order valence-corrected chi connectivity index (χ4v) is 4.00. The molecule has 3 heterocycles. The lowest BCUT2D eigenvalue weighted by atomic mass is 9.92. The molecule has 0 aliphatic carbocycles. The van der Waals surface area contributed by atoms with Crippen LogP contribution in [0.3, 0.4) is 0 Å². The highest BCUT2D eigenvalue weighted by atomic mass is 35.5. The van der Waals surface area contributed by atoms with Crippen LogP contribution in [0.25, 0.3) is 10.4 Å². The number of hydrogen-bond acceptors (Lipinski definition) is 5. The number of aromatic nitrogens is 1. The van der Waals surface area contributed by atoms with Gasteiger partial charge in [0.25, 0.3) is 0 Å². The molecular formula is C19H15ClN2O2S. The minimum atomic E-state index is -0.298. The molecule has 2 aromatic heterocycles. The van der Waals surface area contributed by atoms with E-state index in [2.05, 4.69) is 10.3 Å². The van der Waals surface area contributed by atoms with Crippen molar-refractivity contribution in [2.75, 3.05) is 19.0 Å². The van der Waals surface area contributed by atoms with Crippen molar-refractivity contribution in [3.8, 4) is 16.2 Å². The van der Waals surface area contributed by atoms with Gasteiger partial charge in [-0.2, -0.15) is 0 Å². The van der Waals surface area contributed by atoms with Gasteiger partial charge in [-0.3, -0.25) is 4.79 Å². The lowest BCUT2D eigenvalue weighted by molar-refractivity contribution is 0.0966. The maximum atomic E-state index is 13.0. The van der Waals surface area contributed by atoms with Crippen LogP contribution in [0.5, 0.6) is 5.75 Å². The third-order valence-electron chi connectivity index (χ3n) is 4.33. The summed E-state index contributed by atoms with van der Waals surface area (Å²) in [6.45, 7) is 0.525. The third-order valence-corrected chi connectivity index (χ3v) is 5.56. The topological polar surface area (TPSA) is 51.2 Å². The first-order valence-corrected chi connectivity index (χ1v) is 9.08. The zero-order valence-electron chi connectivity index (χ0n) is 13.5. The first-order chi connectivity index (χ1) is 12.2. The summed E-state index contributed by atoms with van der Waals surface area (Å²) < 4.78 is 5.15. The standard InChI is InChI=1S/C19H15ClN2O2S/c1-24-12-4-5-13(16(20)8-12)18(23)15-10-22-19-14(15)7-11(9-21-19)17-3-2-6-25-17/h2-9,15H,10H2,1H3,(H,21,22). The van der Waals surface area contributed by atoms with Crippen LogP contribution in [0.4, 0.5) is 5.82 Å². The van der Waals surface area contributed by atoms with Crippen molar-refractivity contribution < 1.29 is 9.53 Å². The van der Waals surface area contributed by atoms with Crippen LogP contribution >= 0.6 is 22.9 Å². The molecule has 3 aromatic rings. The number of ketones is 1. The first-order valence-electron chi connectivity index (χ1n) is 7.83. The van der Waals surface area contributed by atoms with Gasteiger partial charge >= 0.3 is 0 Å². The second-order valence-electron chi connectivity index (χ2n) is 5.78. The van der Waals surface area contributed by atoms with Crippen molar-refractivity contribution in [2.24, 2.45) is 0 Å². The average Bonchev–Trinajstić information content (AvgIpc) is 3.30. The summed E-state index contributed by atoms with van der Waals surface area (Å²) in [6.07, 6.45) is 1.84. The molecular weight excluding hydrogens is 356 g/mol. The Kier molecular flexibility index (Phi) is 4.19. The van der Waals surface area contributed by atoms with E-state index in [-0.39, 0.29) is 11.7 Å². The number of ether oxygens (including phenoxy) is 1. The number of nitrogens with zero attached hydrogens (tertiary/aromatic N) is 1. The van der Waals surface area contributed by atoms with Crippen molar-refractivity contribution in [3.63, 3.8) is 0 Å². The Hall–Kier alpha value is -2.37. The van der Waals surface area contributed by atoms with E-state index in [1.165, 1.54) is 0 Å². The third kappa shape index (κ3) is 2.90. The number of hydrogen-bond donors (Lipinski definition) is 1. The lowest BCUT2D eigenvalue weighted by Gasteiger charge is -2.12. The number of Topliss-reactive ketones (excluding diaryl/α,β-unsaturated/α-hetero) is 1. The largest absolute Gasteiger partial charge is 0.497 e. The number of pyridine rings is 1. The van der Waals surface area contributed by atoms with Gasteiger partial charge in [-0.05, 0) is 35.7 Å². The van der Waals surface area contributed by atoms with Gasteiger partial charge in [0, 0.05) is 34.3 Å². The average molecular weight is 371 g/mol. The van der Waals surface area contributed by atoms with E-state index in [1.807, 2.05) is 29.8 Å². The van der Waals surface area contributed by atoms with Crippen molar-refractivity contribution in [3.05, 3.63) is 64.1 Å². The molecule has 4 nitrogen and oxygen atoms in total. The van der Waals surface area contributed by atoms with E-state index in [4.69, 9.17) is 16.3 Å². The molecule has 0 radical (unpaired) electrons. The summed E-state index contributed by atoms with van der Waals surface area (Å²) in [5, 5.41) is 5.65. The van der Waals surface area contributed by atoms with Crippen LogP contribution in [0.2, 0.25) is 5.02 Å². The predicted octanol–water partition coefficient (Wildman–Crippen LogP) is 4.86. The number of carbonyl (C=O) groups is 1. The summed E-state index contributed by atoms with van der Waals surface area (Å²) in [4.78, 5) is 18.7. The first kappa shape index (κ1) is 16.1. The van der Waals surface area contributed by atoms with Crippen LogP contribution < -0.4 is 10.1 Å². The molecule has 4 rings (SSSR count). The zero-order chi connectivity index (χ0) is 17.4. The molecule has 1 aromatic carbocycles. The second kappa shape index (κ2) is 6.50. The van der Waals surface area contributed by atoms with Crippen LogP contribution in [0, 0.1) is 0 Å². The second-order valence-corrected chi connectivity index (χ2v) is 7.14. The minimum Gasteiger partial charge on any atom is -0.497 e. The maximum Gasteiger partial charge on any atom is 0.173 e. The number of rotatable bonds is 4. The molecule has 126 valence electrons. The Morgan fingerprint density at radius 3 is 2.96 bits per heavy atom. The van der Waals surface area contributed by atoms with Crippen molar-refractivity contribution in [1.29, 1.82) is 0 Å². The lowest BCUT2D eigenvalue weighted by Crippen LogP contribution is -2.15. The van der Waals surface area contributed by atoms with Gasteiger partial charge in [-0.25, -0.2) is 4.98 Å². The maximum absolute atomic E-state index is 13.0. The van der Waals surface area contributed by atoms with Crippen molar-refractivity contribution >= 4 is 34.5 Å². The van der Waals surface area contributed by atoms with Gasteiger partial charge in [0.1, 0.15) is 11.6 Å². The Morgan fingerprint density at radius 1 is 1.36 bits per heavy atom. The fourth-order valence-electron chi connectivity index (χ4n) is 3.03. The SMILES string of the molecule is COc1ccc(C(=O)C2CNc3ncc(-c4cccs4)cc32)c(Cl)c1. The Labute approximate surface area is 154 Å². The summed E-state index contributed by atoms with van der Waals surface area (Å²) in [7, 11) is 1.57. The highest BCUT2D eigenvalue weighted by molar-refractivity contribution is 7.13. The van der Waals surface area contributed by atoms with Crippen molar-refractivity contribution in [2.45, 2.75) is 5.92 Å². The summed E-state index contributed by atoms with van der Waals surface area (Å²) >= 11 is 7.94. The quantitative estimate of drug-likeness (QED) is 0.666. The molecule has 1 aliphatic rings. The molecule has 1 atom stereocenters. The summed E-state index contributed by atoms with van der Waals surface area (Å²) in [6, 6.07) is 11.2. The smallest absolute Gasteiger partial charge is 0.173 e. The van der Waals surface area contributed by atoms with Crippen LogP contribution in [0.1, 0.15) is 21.8 Å². The van der Waals surface area contributed by atoms with E-state index < -0.39 is 0 Å². The minimum absolute atomic E-state index is 0.0102. The van der Waals surface area contributed by atoms with E-state index in [0.717, 1.165) is 21.8 Å². The van der Waals surface area contributed by atoms with E-state index in [1.54, 1.807) is 36.6 Å². The molecule has 25 heavy (non-hydrogen) atoms. The summed E-state index contributed by atoms with van der Waals surface area (Å²) in [5.41, 5.74) is 2.45. The molecule has 1 N–H and O–H groups in total. The predicted molar refractivity (Wildman–Crippen MR) is 101 cm³/mol. The van der Waals surface area contributed by atoms with Gasteiger partial charge < -0.3 is 10.1 Å². The molecule has 0 spiro atoms. The van der Waals surface area contributed by atoms with Gasteiger partial charge in [0.15, 0.2) is 5.78 Å². The number of benzene rings is 1. The Morgan fingerprint density at radius 2 is 2.24 bits per heavy atom. The van der Waals surface area contributed by atoms with Gasteiger partial charge in [0.2, 0.25) is 0 Å². The van der Waals surface area contributed by atoms with E-state index >= 15 is 0 Å². The number of carbonyl (C=O) groups excluding carboxylic acids is 1. The van der Waals surface area contributed by atoms with Gasteiger partial charge in [-0.1, -0.05) is 17.7 Å².